The molecule has 1 aliphatic rings. The first kappa shape index (κ1) is 13.9. The van der Waals surface area contributed by atoms with E-state index in [1.165, 1.54) is 12.8 Å². The highest BCUT2D eigenvalue weighted by atomic mass is 16.5. The van der Waals surface area contributed by atoms with E-state index in [1.54, 1.807) is 0 Å². The van der Waals surface area contributed by atoms with Crippen molar-refractivity contribution in [1.29, 1.82) is 0 Å². The lowest BCUT2D eigenvalue weighted by atomic mass is 10.0. The number of aliphatic hydroxyl groups is 1. The number of rotatable bonds is 7. The molecule has 1 atom stereocenters. The minimum absolute atomic E-state index is 0.298. The molecule has 1 unspecified atom stereocenters. The van der Waals surface area contributed by atoms with Gasteiger partial charge in [-0.3, -0.25) is 4.90 Å². The normalized spacial score (nSPS) is 22.9. The summed E-state index contributed by atoms with van der Waals surface area (Å²) in [7, 11) is 0. The average molecular weight is 229 g/mol. The molecule has 96 valence electrons. The van der Waals surface area contributed by atoms with Crippen LogP contribution in [0.1, 0.15) is 39.5 Å². The highest BCUT2D eigenvalue weighted by molar-refractivity contribution is 4.75. The van der Waals surface area contributed by atoms with E-state index in [1.807, 2.05) is 0 Å². The maximum Gasteiger partial charge on any atom is 0.0593 e. The van der Waals surface area contributed by atoms with Crippen molar-refractivity contribution in [3.63, 3.8) is 0 Å². The average Bonchev–Trinajstić information content (AvgIpc) is 2.29. The van der Waals surface area contributed by atoms with E-state index < -0.39 is 0 Å². The molecule has 0 radical (unpaired) electrons. The van der Waals surface area contributed by atoms with Crippen LogP contribution in [0.15, 0.2) is 0 Å². The molecule has 0 aromatic carbocycles. The van der Waals surface area contributed by atoms with Gasteiger partial charge < -0.3 is 9.84 Å². The Hall–Kier alpha value is -0.120. The second kappa shape index (κ2) is 8.04. The van der Waals surface area contributed by atoms with Gasteiger partial charge in [0.25, 0.3) is 0 Å². The Bertz CT molecular complexity index is 173. The van der Waals surface area contributed by atoms with Crippen molar-refractivity contribution >= 4 is 0 Å². The number of ether oxygens (including phenoxy) is 1. The number of hydrogen-bond acceptors (Lipinski definition) is 3. The van der Waals surface area contributed by atoms with Crippen molar-refractivity contribution in [3.8, 4) is 0 Å². The molecule has 0 aliphatic carbocycles. The Balaban J connectivity index is 2.06. The molecule has 1 rings (SSSR count). The van der Waals surface area contributed by atoms with E-state index >= 15 is 0 Å². The van der Waals surface area contributed by atoms with Gasteiger partial charge >= 0.3 is 0 Å². The van der Waals surface area contributed by atoms with Crippen molar-refractivity contribution in [3.05, 3.63) is 0 Å². The molecule has 1 heterocycles. The molecule has 1 aliphatic heterocycles. The molecular weight excluding hydrogens is 202 g/mol. The summed E-state index contributed by atoms with van der Waals surface area (Å²) in [5.41, 5.74) is 0. The second-order valence-corrected chi connectivity index (χ2v) is 5.16. The molecule has 1 N–H and O–H groups in total. The van der Waals surface area contributed by atoms with Crippen molar-refractivity contribution in [1.82, 2.24) is 4.90 Å². The molecule has 0 saturated carbocycles. The van der Waals surface area contributed by atoms with Crippen molar-refractivity contribution in [2.24, 2.45) is 5.92 Å². The third-order valence-corrected chi connectivity index (χ3v) is 3.32. The SMILES string of the molecule is CC(C)CCOCCN1CCCCC1CO. The van der Waals surface area contributed by atoms with Crippen LogP contribution in [0.2, 0.25) is 0 Å². The van der Waals surface area contributed by atoms with E-state index in [4.69, 9.17) is 4.74 Å². The number of piperidine rings is 1. The largest absolute Gasteiger partial charge is 0.395 e. The van der Waals surface area contributed by atoms with Crippen LogP contribution in [0.25, 0.3) is 0 Å². The predicted molar refractivity (Wildman–Crippen MR) is 66.6 cm³/mol. The van der Waals surface area contributed by atoms with Crippen LogP contribution in [-0.2, 0) is 4.74 Å². The zero-order chi connectivity index (χ0) is 11.8. The summed E-state index contributed by atoms with van der Waals surface area (Å²) < 4.78 is 5.62. The summed E-state index contributed by atoms with van der Waals surface area (Å²) in [6.07, 6.45) is 4.81. The van der Waals surface area contributed by atoms with E-state index in [9.17, 15) is 5.11 Å². The number of aliphatic hydroxyl groups excluding tert-OH is 1. The van der Waals surface area contributed by atoms with Crippen LogP contribution in [-0.4, -0.2) is 49.0 Å². The second-order valence-electron chi connectivity index (χ2n) is 5.16. The first-order chi connectivity index (χ1) is 7.74. The maximum absolute atomic E-state index is 9.25. The Labute approximate surface area is 99.8 Å². The molecule has 0 aromatic rings. The third kappa shape index (κ3) is 5.28. The number of hydrogen-bond donors (Lipinski definition) is 1. The smallest absolute Gasteiger partial charge is 0.0593 e. The van der Waals surface area contributed by atoms with Gasteiger partial charge in [0.1, 0.15) is 0 Å². The minimum atomic E-state index is 0.298. The van der Waals surface area contributed by atoms with Crippen LogP contribution < -0.4 is 0 Å². The summed E-state index contributed by atoms with van der Waals surface area (Å²) in [5.74, 6) is 0.722. The van der Waals surface area contributed by atoms with Gasteiger partial charge in [-0.05, 0) is 31.7 Å². The van der Waals surface area contributed by atoms with Gasteiger partial charge in [-0.1, -0.05) is 20.3 Å². The van der Waals surface area contributed by atoms with Gasteiger partial charge in [-0.15, -0.1) is 0 Å². The topological polar surface area (TPSA) is 32.7 Å². The zero-order valence-corrected chi connectivity index (χ0v) is 10.8. The molecule has 0 amide bonds. The summed E-state index contributed by atoms with van der Waals surface area (Å²) in [5, 5.41) is 9.25. The lowest BCUT2D eigenvalue weighted by Gasteiger charge is -2.34. The molecule has 16 heavy (non-hydrogen) atoms. The van der Waals surface area contributed by atoms with Crippen LogP contribution >= 0.6 is 0 Å². The summed E-state index contributed by atoms with van der Waals surface area (Å²) in [4.78, 5) is 2.37. The Kier molecular flexibility index (Phi) is 7.01. The number of nitrogens with zero attached hydrogens (tertiary/aromatic N) is 1. The van der Waals surface area contributed by atoms with Crippen LogP contribution in [0.3, 0.4) is 0 Å². The summed E-state index contributed by atoms with van der Waals surface area (Å²) >= 11 is 0. The molecular formula is C13H27NO2. The molecule has 1 saturated heterocycles. The van der Waals surface area contributed by atoms with Gasteiger partial charge in [0.15, 0.2) is 0 Å². The Morgan fingerprint density at radius 1 is 1.31 bits per heavy atom. The van der Waals surface area contributed by atoms with E-state index in [-0.39, 0.29) is 0 Å². The summed E-state index contributed by atoms with van der Waals surface area (Å²) in [6.45, 7) is 8.51. The van der Waals surface area contributed by atoms with Crippen LogP contribution in [0, 0.1) is 5.92 Å². The molecule has 0 bridgehead atoms. The quantitative estimate of drug-likeness (QED) is 0.677. The van der Waals surface area contributed by atoms with Gasteiger partial charge in [0.05, 0.1) is 13.2 Å². The fourth-order valence-corrected chi connectivity index (χ4v) is 2.16. The van der Waals surface area contributed by atoms with Gasteiger partial charge in [0.2, 0.25) is 0 Å². The standard InChI is InChI=1S/C13H27NO2/c1-12(2)6-9-16-10-8-14-7-4-3-5-13(14)11-15/h12-13,15H,3-11H2,1-2H3. The number of likely N-dealkylation sites (tertiary alicyclic amines) is 1. The lowest BCUT2D eigenvalue weighted by molar-refractivity contribution is 0.0464. The van der Waals surface area contributed by atoms with Crippen LogP contribution in [0.5, 0.6) is 0 Å². The van der Waals surface area contributed by atoms with E-state index in [2.05, 4.69) is 18.7 Å². The van der Waals surface area contributed by atoms with E-state index in [0.717, 1.165) is 45.1 Å². The van der Waals surface area contributed by atoms with Crippen molar-refractivity contribution in [2.75, 3.05) is 32.9 Å². The molecule has 1 fully saturated rings. The Morgan fingerprint density at radius 2 is 2.12 bits per heavy atom. The summed E-state index contributed by atoms with van der Waals surface area (Å²) in [6, 6.07) is 0.377. The predicted octanol–water partition coefficient (Wildman–Crippen LogP) is 1.90. The maximum atomic E-state index is 9.25. The van der Waals surface area contributed by atoms with Gasteiger partial charge in [-0.2, -0.15) is 0 Å². The first-order valence-electron chi connectivity index (χ1n) is 6.66. The zero-order valence-electron chi connectivity index (χ0n) is 10.8. The van der Waals surface area contributed by atoms with Crippen molar-refractivity contribution in [2.45, 2.75) is 45.6 Å². The lowest BCUT2D eigenvalue weighted by Crippen LogP contribution is -2.43. The van der Waals surface area contributed by atoms with Crippen LogP contribution in [0.4, 0.5) is 0 Å². The van der Waals surface area contributed by atoms with E-state index in [0.29, 0.717) is 12.6 Å². The van der Waals surface area contributed by atoms with Gasteiger partial charge in [0, 0.05) is 19.2 Å². The minimum Gasteiger partial charge on any atom is -0.395 e. The Morgan fingerprint density at radius 3 is 2.81 bits per heavy atom. The first-order valence-corrected chi connectivity index (χ1v) is 6.66. The molecule has 0 spiro atoms. The fraction of sp³-hybridized carbons (Fsp3) is 1.00. The highest BCUT2D eigenvalue weighted by Crippen LogP contribution is 2.15. The molecule has 3 nitrogen and oxygen atoms in total. The molecule has 0 aromatic heterocycles. The fourth-order valence-electron chi connectivity index (χ4n) is 2.16. The third-order valence-electron chi connectivity index (χ3n) is 3.32. The van der Waals surface area contributed by atoms with Crippen molar-refractivity contribution < 1.29 is 9.84 Å². The highest BCUT2D eigenvalue weighted by Gasteiger charge is 2.20. The van der Waals surface area contributed by atoms with Gasteiger partial charge in [-0.25, -0.2) is 0 Å². The monoisotopic (exact) mass is 229 g/mol. The molecule has 3 heteroatoms.